The molecule has 4 aliphatic rings. The number of rotatable bonds is 2. The fraction of sp³-hybridized carbons (Fsp3) is 0.857. The zero-order chi connectivity index (χ0) is 18.0. The predicted octanol–water partition coefficient (Wildman–Crippen LogP) is 5.08. The number of carbonyl (C=O) groups is 1. The van der Waals surface area contributed by atoms with E-state index < -0.39 is 23.3 Å². The zero-order valence-corrected chi connectivity index (χ0v) is 22.2. The third kappa shape index (κ3) is 2.75. The molecule has 4 rings (SSSR count). The van der Waals surface area contributed by atoms with Gasteiger partial charge in [0.05, 0.1) is 0 Å². The summed E-state index contributed by atoms with van der Waals surface area (Å²) < 4.78 is 1.64. The van der Waals surface area contributed by atoms with Crippen LogP contribution in [0.25, 0.3) is 0 Å². The number of halogens is 1. The van der Waals surface area contributed by atoms with Gasteiger partial charge in [-0.3, -0.25) is 0 Å². The summed E-state index contributed by atoms with van der Waals surface area (Å²) >= 11 is -1.50. The summed E-state index contributed by atoms with van der Waals surface area (Å²) in [5.41, 5.74) is 2.10. The molecule has 0 bridgehead atoms. The van der Waals surface area contributed by atoms with Crippen LogP contribution < -0.4 is 0 Å². The van der Waals surface area contributed by atoms with Gasteiger partial charge in [-0.05, 0) is 0 Å². The van der Waals surface area contributed by atoms with E-state index in [0.29, 0.717) is 11.7 Å². The molecule has 0 aromatic heterocycles. The van der Waals surface area contributed by atoms with Gasteiger partial charge in [0.1, 0.15) is 0 Å². The van der Waals surface area contributed by atoms with Crippen molar-refractivity contribution in [2.24, 2.45) is 34.5 Å². The molecule has 4 aliphatic carbocycles. The van der Waals surface area contributed by atoms with Crippen LogP contribution in [0.15, 0.2) is 8.65 Å². The van der Waals surface area contributed by atoms with E-state index in [1.54, 1.807) is 8.65 Å². The predicted molar refractivity (Wildman–Crippen MR) is 96.7 cm³/mol. The van der Waals surface area contributed by atoms with E-state index in [9.17, 15) is 9.90 Å². The first-order chi connectivity index (χ1) is 11.8. The molecule has 2 nitrogen and oxygen atoms in total. The number of aliphatic hydroxyl groups excluding tert-OH is 1. The Kier molecular flexibility index (Phi) is 4.99. The van der Waals surface area contributed by atoms with Crippen LogP contribution in [0.1, 0.15) is 72.1 Å². The molecule has 0 aromatic carbocycles. The molecule has 1 N–H and O–H groups in total. The monoisotopic (exact) mass is 552 g/mol. The van der Waals surface area contributed by atoms with Gasteiger partial charge in [0.15, 0.2) is 0 Å². The van der Waals surface area contributed by atoms with Gasteiger partial charge in [0, 0.05) is 0 Å². The molecule has 0 heterocycles. The van der Waals surface area contributed by atoms with E-state index >= 15 is 0 Å². The number of allylic oxidation sites excluding steroid dienone is 1. The fourth-order valence-electron chi connectivity index (χ4n) is 7.72. The molecule has 0 radical (unpaired) electrons. The van der Waals surface area contributed by atoms with Crippen LogP contribution >= 0.6 is 8.25 Å². The van der Waals surface area contributed by atoms with E-state index in [2.05, 4.69) is 13.8 Å². The van der Waals surface area contributed by atoms with Crippen molar-refractivity contribution in [2.45, 2.75) is 78.2 Å². The first-order valence-corrected chi connectivity index (χ1v) is 19.8. The summed E-state index contributed by atoms with van der Waals surface area (Å²) in [4.78, 5) is 12.3. The fourth-order valence-corrected chi connectivity index (χ4v) is 14.6. The molecule has 4 heteroatoms. The van der Waals surface area contributed by atoms with Crippen molar-refractivity contribution in [1.82, 2.24) is 0 Å². The van der Waals surface area contributed by atoms with Crippen molar-refractivity contribution >= 4 is 14.0 Å². The Hall–Kier alpha value is 0.595. The molecule has 3 saturated carbocycles. The van der Waals surface area contributed by atoms with Crippen LogP contribution in [0.3, 0.4) is 0 Å². The number of aliphatic hydroxyl groups is 1. The van der Waals surface area contributed by atoms with E-state index in [0.717, 1.165) is 37.5 Å². The molecule has 3 fully saturated rings. The molecule has 0 spiro atoms. The Morgan fingerprint density at radius 3 is 2.56 bits per heavy atom. The first kappa shape index (κ1) is 18.9. The Morgan fingerprint density at radius 2 is 1.88 bits per heavy atom. The van der Waals surface area contributed by atoms with Gasteiger partial charge in [0.25, 0.3) is 0 Å². The van der Waals surface area contributed by atoms with E-state index in [1.165, 1.54) is 25.7 Å². The van der Waals surface area contributed by atoms with Crippen LogP contribution in [-0.4, -0.2) is 17.0 Å². The summed E-state index contributed by atoms with van der Waals surface area (Å²) in [6, 6.07) is 0. The second kappa shape index (κ2) is 6.59. The van der Waals surface area contributed by atoms with Gasteiger partial charge in [0.2, 0.25) is 0 Å². The van der Waals surface area contributed by atoms with Crippen molar-refractivity contribution < 1.29 is 33.2 Å². The van der Waals surface area contributed by atoms with Crippen molar-refractivity contribution in [3.63, 3.8) is 0 Å². The van der Waals surface area contributed by atoms with Crippen LogP contribution in [-0.2, 0) is 28.1 Å². The Labute approximate surface area is 168 Å². The van der Waals surface area contributed by atoms with Gasteiger partial charge in [-0.15, -0.1) is 0 Å². The molecule has 1 unspecified atom stereocenters. The standard InChI is InChI=1S/C21H31O2.ClH.Hg/c1-13(22)17-6-7-18-16-5-4-14-12-15(23)8-10-20(14,2)19(16)9-11-21(17,18)3;;/h15-19,23H,5-12H2,1-3H3;1H;/q;;+1/p-1/t15?,16-,17+,18-,19-,20-,21+;;/m0../s1. The van der Waals surface area contributed by atoms with E-state index in [1.807, 2.05) is 6.92 Å². The quantitative estimate of drug-likeness (QED) is 0.487. The summed E-state index contributed by atoms with van der Waals surface area (Å²) in [5, 5.41) is 10.3. The number of Topliss-reactive ketones (excluding diaryl/α,β-unsaturated/α-hetero) is 1. The zero-order valence-electron chi connectivity index (χ0n) is 16.0. The Morgan fingerprint density at radius 1 is 1.12 bits per heavy atom. The molecule has 0 aromatic rings. The second-order valence-electron chi connectivity index (χ2n) is 9.90. The van der Waals surface area contributed by atoms with Gasteiger partial charge < -0.3 is 0 Å². The molecule has 25 heavy (non-hydrogen) atoms. The third-order valence-corrected chi connectivity index (χ3v) is 15.8. The van der Waals surface area contributed by atoms with Crippen molar-refractivity contribution in [1.29, 1.82) is 0 Å². The normalized spacial score (nSPS) is 49.1. The van der Waals surface area contributed by atoms with Gasteiger partial charge in [-0.25, -0.2) is 0 Å². The van der Waals surface area contributed by atoms with Crippen molar-refractivity contribution in [3.05, 3.63) is 8.65 Å². The van der Waals surface area contributed by atoms with Crippen LogP contribution in [0.4, 0.5) is 0 Å². The number of ketones is 1. The SMILES string of the molecule is CC(=O)[C@H]1CC[C@H]2[C@@H]3C[C]([Hg][Cl])=C4CC(O)CC[C@]4(C)[C@H]3CC[C@]12C. The average molecular weight is 552 g/mol. The summed E-state index contributed by atoms with van der Waals surface area (Å²) in [5.74, 6) is 2.89. The molecular weight excluding hydrogens is 520 g/mol. The number of hydrogen-bond acceptors (Lipinski definition) is 2. The number of fused-ring (bicyclic) bond motifs is 5. The molecule has 136 valence electrons. The van der Waals surface area contributed by atoms with E-state index in [-0.39, 0.29) is 22.9 Å². The van der Waals surface area contributed by atoms with E-state index in [4.69, 9.17) is 8.25 Å². The molecule has 0 amide bonds. The topological polar surface area (TPSA) is 37.3 Å². The summed E-state index contributed by atoms with van der Waals surface area (Å²) in [6.07, 6.45) is 8.87. The first-order valence-electron chi connectivity index (χ1n) is 10.3. The number of hydrogen-bond donors (Lipinski definition) is 1. The van der Waals surface area contributed by atoms with Gasteiger partial charge in [-0.1, -0.05) is 0 Å². The molecule has 0 saturated heterocycles. The average Bonchev–Trinajstić information content (AvgIpc) is 2.92. The van der Waals surface area contributed by atoms with Crippen LogP contribution in [0, 0.1) is 34.5 Å². The molecular formula is C21H31ClHgO2. The minimum absolute atomic E-state index is 0.145. The summed E-state index contributed by atoms with van der Waals surface area (Å²) in [6.45, 7) is 6.73. The van der Waals surface area contributed by atoms with Crippen LogP contribution in [0.5, 0.6) is 0 Å². The van der Waals surface area contributed by atoms with Gasteiger partial charge in [-0.2, -0.15) is 0 Å². The van der Waals surface area contributed by atoms with Crippen molar-refractivity contribution in [2.75, 3.05) is 0 Å². The number of carbonyl (C=O) groups excluding carboxylic acids is 1. The second-order valence-corrected chi connectivity index (χ2v) is 16.6. The van der Waals surface area contributed by atoms with Crippen LogP contribution in [0.2, 0.25) is 0 Å². The maximum atomic E-state index is 12.3. The Balaban J connectivity index is 1.73. The molecule has 0 aliphatic heterocycles. The minimum atomic E-state index is -1.50. The maximum absolute atomic E-state index is 12.3. The third-order valence-electron chi connectivity index (χ3n) is 8.94. The Bertz CT molecular complexity index is 617. The van der Waals surface area contributed by atoms with Gasteiger partial charge >= 0.3 is 169 Å². The molecule has 7 atom stereocenters. The summed E-state index contributed by atoms with van der Waals surface area (Å²) in [7, 11) is 6.63. The van der Waals surface area contributed by atoms with Crippen molar-refractivity contribution in [3.8, 4) is 0 Å².